The van der Waals surface area contributed by atoms with Gasteiger partial charge in [-0.05, 0) is 29.7 Å². The molecule has 0 aliphatic heterocycles. The Morgan fingerprint density at radius 1 is 1.05 bits per heavy atom. The Hall–Kier alpha value is -1.84. The van der Waals surface area contributed by atoms with Gasteiger partial charge in [0.25, 0.3) is 0 Å². The van der Waals surface area contributed by atoms with E-state index in [1.54, 1.807) is 0 Å². The van der Waals surface area contributed by atoms with Crippen LogP contribution in [0.15, 0.2) is 48.5 Å². The first-order valence-corrected chi connectivity index (χ1v) is 6.94. The van der Waals surface area contributed by atoms with Crippen LogP contribution in [0.1, 0.15) is 16.7 Å². The fraction of sp³-hybridized carbons (Fsp3) is 0.294. The van der Waals surface area contributed by atoms with Gasteiger partial charge in [-0.25, -0.2) is 0 Å². The molecule has 0 heterocycles. The van der Waals surface area contributed by atoms with Crippen molar-refractivity contribution >= 4 is 5.69 Å². The minimum absolute atomic E-state index is 0.144. The summed E-state index contributed by atoms with van der Waals surface area (Å²) in [4.78, 5) is 2.20. The van der Waals surface area contributed by atoms with Crippen LogP contribution in [0, 0.1) is 6.92 Å². The summed E-state index contributed by atoms with van der Waals surface area (Å²) in [6.07, 6.45) is 0. The van der Waals surface area contributed by atoms with E-state index in [0.29, 0.717) is 13.1 Å². The molecular weight excluding hydrogens is 248 g/mol. The van der Waals surface area contributed by atoms with Crippen LogP contribution >= 0.6 is 0 Å². The lowest BCUT2D eigenvalue weighted by Crippen LogP contribution is -2.26. The maximum atomic E-state index is 9.31. The zero-order valence-electron chi connectivity index (χ0n) is 11.9. The molecule has 0 amide bonds. The molecule has 0 saturated heterocycles. The van der Waals surface area contributed by atoms with Gasteiger partial charge in [-0.2, -0.15) is 0 Å². The highest BCUT2D eigenvalue weighted by Crippen LogP contribution is 2.23. The number of benzene rings is 2. The second-order valence-corrected chi connectivity index (χ2v) is 4.96. The Labute approximate surface area is 120 Å². The summed E-state index contributed by atoms with van der Waals surface area (Å²) < 4.78 is 0. The molecule has 0 spiro atoms. The highest BCUT2D eigenvalue weighted by molar-refractivity contribution is 5.54. The normalized spacial score (nSPS) is 10.6. The minimum atomic E-state index is 0.144. The molecule has 0 radical (unpaired) electrons. The van der Waals surface area contributed by atoms with E-state index in [2.05, 4.69) is 42.2 Å². The third-order valence-corrected chi connectivity index (χ3v) is 3.42. The van der Waals surface area contributed by atoms with Crippen LogP contribution in [0.25, 0.3) is 0 Å². The zero-order chi connectivity index (χ0) is 14.4. The van der Waals surface area contributed by atoms with E-state index in [1.807, 2.05) is 18.2 Å². The number of aliphatic hydroxyl groups is 1. The predicted molar refractivity (Wildman–Crippen MR) is 83.6 cm³/mol. The average Bonchev–Trinajstić information content (AvgIpc) is 2.48. The van der Waals surface area contributed by atoms with Crippen molar-refractivity contribution in [2.75, 3.05) is 18.1 Å². The van der Waals surface area contributed by atoms with Crippen LogP contribution in [-0.2, 0) is 13.1 Å². The lowest BCUT2D eigenvalue weighted by atomic mass is 10.1. The highest BCUT2D eigenvalue weighted by atomic mass is 16.3. The number of rotatable bonds is 6. The van der Waals surface area contributed by atoms with E-state index in [4.69, 9.17) is 5.73 Å². The van der Waals surface area contributed by atoms with Gasteiger partial charge in [-0.1, -0.05) is 42.5 Å². The maximum absolute atomic E-state index is 9.31. The number of hydrogen-bond acceptors (Lipinski definition) is 3. The minimum Gasteiger partial charge on any atom is -0.395 e. The summed E-state index contributed by atoms with van der Waals surface area (Å²) in [5.41, 5.74) is 10.4. The Morgan fingerprint density at radius 2 is 1.80 bits per heavy atom. The molecule has 0 aliphatic rings. The van der Waals surface area contributed by atoms with E-state index < -0.39 is 0 Å². The molecule has 0 bridgehead atoms. The van der Waals surface area contributed by atoms with Crippen LogP contribution in [0.3, 0.4) is 0 Å². The summed E-state index contributed by atoms with van der Waals surface area (Å²) >= 11 is 0. The quantitative estimate of drug-likeness (QED) is 0.847. The standard InChI is InChI=1S/C17H22N2O/c1-14-11-16(12-18)7-8-17(14)19(9-10-20)13-15-5-3-2-4-6-15/h2-8,11,20H,9-10,12-13,18H2,1H3. The lowest BCUT2D eigenvalue weighted by Gasteiger charge is -2.26. The first-order chi connectivity index (χ1) is 9.74. The van der Waals surface area contributed by atoms with E-state index >= 15 is 0 Å². The first kappa shape index (κ1) is 14.6. The molecule has 0 saturated carbocycles. The van der Waals surface area contributed by atoms with Crippen LogP contribution in [-0.4, -0.2) is 18.3 Å². The average molecular weight is 270 g/mol. The van der Waals surface area contributed by atoms with Gasteiger partial charge in [0, 0.05) is 25.3 Å². The van der Waals surface area contributed by atoms with Gasteiger partial charge in [0.1, 0.15) is 0 Å². The molecule has 0 fully saturated rings. The zero-order valence-corrected chi connectivity index (χ0v) is 11.9. The molecule has 2 aromatic rings. The molecule has 3 nitrogen and oxygen atoms in total. The van der Waals surface area contributed by atoms with Crippen molar-refractivity contribution in [3.63, 3.8) is 0 Å². The summed E-state index contributed by atoms with van der Waals surface area (Å²) in [6.45, 7) is 4.20. The molecule has 20 heavy (non-hydrogen) atoms. The first-order valence-electron chi connectivity index (χ1n) is 6.94. The Kier molecular flexibility index (Phi) is 5.16. The van der Waals surface area contributed by atoms with E-state index in [1.165, 1.54) is 11.1 Å². The summed E-state index contributed by atoms with van der Waals surface area (Å²) in [5.74, 6) is 0. The van der Waals surface area contributed by atoms with Gasteiger partial charge >= 0.3 is 0 Å². The number of anilines is 1. The summed E-state index contributed by atoms with van der Waals surface area (Å²) in [5, 5.41) is 9.31. The number of nitrogens with zero attached hydrogens (tertiary/aromatic N) is 1. The van der Waals surface area contributed by atoms with Crippen LogP contribution < -0.4 is 10.6 Å². The van der Waals surface area contributed by atoms with Gasteiger partial charge in [-0.15, -0.1) is 0 Å². The van der Waals surface area contributed by atoms with Gasteiger partial charge in [-0.3, -0.25) is 0 Å². The molecule has 3 N–H and O–H groups in total. The van der Waals surface area contributed by atoms with Crippen molar-refractivity contribution in [3.8, 4) is 0 Å². The Balaban J connectivity index is 2.24. The maximum Gasteiger partial charge on any atom is 0.0606 e. The second-order valence-electron chi connectivity index (χ2n) is 4.96. The molecule has 2 rings (SSSR count). The highest BCUT2D eigenvalue weighted by Gasteiger charge is 2.10. The summed E-state index contributed by atoms with van der Waals surface area (Å²) in [7, 11) is 0. The van der Waals surface area contributed by atoms with Crippen LogP contribution in [0.4, 0.5) is 5.69 Å². The molecular formula is C17H22N2O. The molecule has 2 aromatic carbocycles. The topological polar surface area (TPSA) is 49.5 Å². The second kappa shape index (κ2) is 7.08. The van der Waals surface area contributed by atoms with Crippen molar-refractivity contribution in [2.24, 2.45) is 5.73 Å². The largest absolute Gasteiger partial charge is 0.395 e. The molecule has 0 aliphatic carbocycles. The van der Waals surface area contributed by atoms with E-state index in [-0.39, 0.29) is 6.61 Å². The van der Waals surface area contributed by atoms with Gasteiger partial charge in [0.05, 0.1) is 6.61 Å². The third-order valence-electron chi connectivity index (χ3n) is 3.42. The number of nitrogens with two attached hydrogens (primary N) is 1. The molecule has 0 aromatic heterocycles. The molecule has 0 unspecified atom stereocenters. The molecule has 3 heteroatoms. The smallest absolute Gasteiger partial charge is 0.0606 e. The van der Waals surface area contributed by atoms with Crippen molar-refractivity contribution in [1.29, 1.82) is 0 Å². The Morgan fingerprint density at radius 3 is 2.40 bits per heavy atom. The predicted octanol–water partition coefficient (Wildman–Crippen LogP) is 2.45. The van der Waals surface area contributed by atoms with Gasteiger partial charge in [0.15, 0.2) is 0 Å². The fourth-order valence-electron chi connectivity index (χ4n) is 2.41. The van der Waals surface area contributed by atoms with Gasteiger partial charge in [0.2, 0.25) is 0 Å². The SMILES string of the molecule is Cc1cc(CN)ccc1N(CCO)Cc1ccccc1. The van der Waals surface area contributed by atoms with E-state index in [0.717, 1.165) is 17.8 Å². The van der Waals surface area contributed by atoms with Crippen molar-refractivity contribution in [3.05, 3.63) is 65.2 Å². The number of aryl methyl sites for hydroxylation is 1. The van der Waals surface area contributed by atoms with Crippen LogP contribution in [0.2, 0.25) is 0 Å². The molecule has 0 atom stereocenters. The van der Waals surface area contributed by atoms with Crippen molar-refractivity contribution in [2.45, 2.75) is 20.0 Å². The summed E-state index contributed by atoms with van der Waals surface area (Å²) in [6, 6.07) is 16.6. The van der Waals surface area contributed by atoms with Crippen molar-refractivity contribution < 1.29 is 5.11 Å². The Bertz CT molecular complexity index is 540. The van der Waals surface area contributed by atoms with Crippen LogP contribution in [0.5, 0.6) is 0 Å². The lowest BCUT2D eigenvalue weighted by molar-refractivity contribution is 0.301. The van der Waals surface area contributed by atoms with Crippen molar-refractivity contribution in [1.82, 2.24) is 0 Å². The number of aliphatic hydroxyl groups excluding tert-OH is 1. The fourth-order valence-corrected chi connectivity index (χ4v) is 2.41. The monoisotopic (exact) mass is 270 g/mol. The molecule has 106 valence electrons. The van der Waals surface area contributed by atoms with E-state index in [9.17, 15) is 5.11 Å². The van der Waals surface area contributed by atoms with Gasteiger partial charge < -0.3 is 15.7 Å². The third kappa shape index (κ3) is 3.59. The number of hydrogen-bond donors (Lipinski definition) is 2.